The minimum atomic E-state index is -4.88. The fourth-order valence-corrected chi connectivity index (χ4v) is 8.39. The molecule has 0 radical (unpaired) electrons. The van der Waals surface area contributed by atoms with Gasteiger partial charge in [-0.2, -0.15) is 11.8 Å². The monoisotopic (exact) mass is 1120 g/mol. The SMILES string of the molecule is CNC(=O)C(Cc1ccc(OCC(OCOC(=O)c2ccccc2)c2cccc(OC(F)(F)F)c2)cc1)SC=O.CSC(Cc1ccc(OCC(OCOC(=O)c2cccc(Cl)c2)c2ccccc2F)cc1)C(=O)NC=O. The molecule has 0 aliphatic heterocycles. The molecule has 406 valence electrons. The second-order valence-electron chi connectivity index (χ2n) is 15.9. The molecule has 6 rings (SSSR count). The molecule has 22 heteroatoms. The summed E-state index contributed by atoms with van der Waals surface area (Å²) in [6.45, 7) is -1.10. The van der Waals surface area contributed by atoms with Crippen molar-refractivity contribution in [3.8, 4) is 17.2 Å². The third-order valence-corrected chi connectivity index (χ3v) is 12.7. The molecule has 6 aromatic rings. The summed E-state index contributed by atoms with van der Waals surface area (Å²) < 4.78 is 90.0. The number of alkyl halides is 3. The first kappa shape index (κ1) is 60.4. The lowest BCUT2D eigenvalue weighted by molar-refractivity contribution is -0.274. The Morgan fingerprint density at radius 3 is 1.77 bits per heavy atom. The summed E-state index contributed by atoms with van der Waals surface area (Å²) >= 11 is 8.13. The van der Waals surface area contributed by atoms with Crippen molar-refractivity contribution in [2.24, 2.45) is 0 Å². The molecule has 4 atom stereocenters. The molecule has 0 aliphatic rings. The van der Waals surface area contributed by atoms with Crippen molar-refractivity contribution in [3.63, 3.8) is 0 Å². The molecule has 4 unspecified atom stereocenters. The zero-order valence-corrected chi connectivity index (χ0v) is 43.5. The van der Waals surface area contributed by atoms with Crippen LogP contribution in [-0.4, -0.2) is 92.7 Å². The number of ether oxygens (including phenoxy) is 7. The second-order valence-corrected chi connectivity index (χ2v) is 18.4. The summed E-state index contributed by atoms with van der Waals surface area (Å²) in [4.78, 5) is 69.8. The quantitative estimate of drug-likeness (QED) is 0.0214. The number of amides is 3. The molecule has 3 amide bonds. The van der Waals surface area contributed by atoms with Gasteiger partial charge in [-0.1, -0.05) is 102 Å². The van der Waals surface area contributed by atoms with Gasteiger partial charge >= 0.3 is 18.3 Å². The molecular formula is C55H51ClF4N2O13S2. The number of benzene rings is 6. The van der Waals surface area contributed by atoms with Gasteiger partial charge in [-0.05, 0) is 109 Å². The van der Waals surface area contributed by atoms with Gasteiger partial charge in [0.05, 0.1) is 21.6 Å². The van der Waals surface area contributed by atoms with E-state index in [2.05, 4.69) is 15.4 Å². The first-order valence-corrected chi connectivity index (χ1v) is 25.7. The van der Waals surface area contributed by atoms with Crippen LogP contribution >= 0.6 is 35.1 Å². The van der Waals surface area contributed by atoms with Crippen LogP contribution < -0.4 is 24.8 Å². The van der Waals surface area contributed by atoms with E-state index in [9.17, 15) is 46.3 Å². The van der Waals surface area contributed by atoms with Gasteiger partial charge in [0.1, 0.15) is 48.5 Å². The average Bonchev–Trinajstić information content (AvgIpc) is 3.42. The van der Waals surface area contributed by atoms with Crippen molar-refractivity contribution in [1.82, 2.24) is 10.6 Å². The van der Waals surface area contributed by atoms with Crippen LogP contribution in [0.25, 0.3) is 0 Å². The minimum Gasteiger partial charge on any atom is -0.491 e. The van der Waals surface area contributed by atoms with Gasteiger partial charge in [-0.3, -0.25) is 24.5 Å². The number of carbonyl (C=O) groups is 6. The van der Waals surface area contributed by atoms with Gasteiger partial charge in [0.25, 0.3) is 0 Å². The third kappa shape index (κ3) is 20.9. The number of hydrogen-bond acceptors (Lipinski definition) is 15. The number of rotatable bonds is 27. The van der Waals surface area contributed by atoms with Crippen molar-refractivity contribution < 1.29 is 79.5 Å². The Bertz CT molecular complexity index is 2850. The predicted octanol–water partition coefficient (Wildman–Crippen LogP) is 10.1. The van der Waals surface area contributed by atoms with Crippen LogP contribution in [-0.2, 0) is 51.0 Å². The lowest BCUT2D eigenvalue weighted by atomic mass is 10.1. The Hall–Kier alpha value is -7.43. The fraction of sp³-hybridized carbons (Fsp3) is 0.236. The normalized spacial score (nSPS) is 12.5. The van der Waals surface area contributed by atoms with Crippen LogP contribution in [0.3, 0.4) is 0 Å². The smallest absolute Gasteiger partial charge is 0.491 e. The van der Waals surface area contributed by atoms with Crippen LogP contribution in [0, 0.1) is 5.82 Å². The molecule has 2 N–H and O–H groups in total. The molecule has 15 nitrogen and oxygen atoms in total. The fourth-order valence-electron chi connectivity index (χ4n) is 6.89. The van der Waals surface area contributed by atoms with E-state index < -0.39 is 66.2 Å². The van der Waals surface area contributed by atoms with E-state index in [4.69, 9.17) is 40.0 Å². The number of esters is 2. The highest BCUT2D eigenvalue weighted by molar-refractivity contribution is 8.13. The van der Waals surface area contributed by atoms with Crippen molar-refractivity contribution >= 4 is 70.9 Å². The Morgan fingerprint density at radius 2 is 1.19 bits per heavy atom. The van der Waals surface area contributed by atoms with Crippen LogP contribution in [0.15, 0.2) is 152 Å². The number of hydrogen-bond donors (Lipinski definition) is 2. The molecule has 0 heterocycles. The van der Waals surface area contributed by atoms with Crippen LogP contribution in [0.4, 0.5) is 17.6 Å². The van der Waals surface area contributed by atoms with E-state index in [1.54, 1.807) is 122 Å². The molecule has 77 heavy (non-hydrogen) atoms. The summed E-state index contributed by atoms with van der Waals surface area (Å²) in [6.07, 6.45) is -3.76. The Kier molecular flexibility index (Phi) is 24.8. The van der Waals surface area contributed by atoms with Gasteiger partial charge in [-0.15, -0.1) is 13.2 Å². The van der Waals surface area contributed by atoms with E-state index >= 15 is 0 Å². The zero-order chi connectivity index (χ0) is 55.6. The summed E-state index contributed by atoms with van der Waals surface area (Å²) in [5.74, 6) is -1.90. The maximum atomic E-state index is 14.5. The lowest BCUT2D eigenvalue weighted by Crippen LogP contribution is -2.32. The number of thioether (sulfide) groups is 2. The summed E-state index contributed by atoms with van der Waals surface area (Å²) in [5.41, 5.74) is 3.40. The van der Waals surface area contributed by atoms with Gasteiger partial charge in [0.2, 0.25) is 18.2 Å². The molecule has 0 bridgehead atoms. The highest BCUT2D eigenvalue weighted by Gasteiger charge is 2.31. The summed E-state index contributed by atoms with van der Waals surface area (Å²) in [6, 6.07) is 39.7. The van der Waals surface area contributed by atoms with Gasteiger partial charge in [-0.25, -0.2) is 14.0 Å². The number of carbonyl (C=O) groups excluding carboxylic acids is 6. The Morgan fingerprint density at radius 1 is 0.636 bits per heavy atom. The maximum absolute atomic E-state index is 14.5. The second kappa shape index (κ2) is 31.6. The molecule has 0 aromatic heterocycles. The number of nitrogens with one attached hydrogen (secondary N) is 2. The number of halogens is 5. The molecule has 6 aromatic carbocycles. The lowest BCUT2D eigenvalue weighted by Gasteiger charge is -2.20. The minimum absolute atomic E-state index is 0.0514. The largest absolute Gasteiger partial charge is 0.573 e. The molecule has 0 aliphatic carbocycles. The highest BCUT2D eigenvalue weighted by Crippen LogP contribution is 2.29. The van der Waals surface area contributed by atoms with Gasteiger partial charge in [0, 0.05) is 17.6 Å². The number of imide groups is 1. The zero-order valence-electron chi connectivity index (χ0n) is 41.2. The Labute approximate surface area is 454 Å². The van der Waals surface area contributed by atoms with E-state index in [1.807, 2.05) is 0 Å². The first-order chi connectivity index (χ1) is 37.1. The maximum Gasteiger partial charge on any atom is 0.573 e. The van der Waals surface area contributed by atoms with E-state index in [0.29, 0.717) is 52.5 Å². The topological polar surface area (TPSA) is 191 Å². The molecule has 0 fully saturated rings. The first-order valence-electron chi connectivity index (χ1n) is 23.1. The van der Waals surface area contributed by atoms with Crippen molar-refractivity contribution in [1.29, 1.82) is 0 Å². The molecular weight excluding hydrogens is 1070 g/mol. The molecule has 0 saturated carbocycles. The Balaban J connectivity index is 0.000000285. The van der Waals surface area contributed by atoms with E-state index in [-0.39, 0.29) is 36.2 Å². The average molecular weight is 1120 g/mol. The van der Waals surface area contributed by atoms with Gasteiger partial charge < -0.3 is 38.5 Å². The van der Waals surface area contributed by atoms with Crippen molar-refractivity contribution in [3.05, 3.63) is 196 Å². The van der Waals surface area contributed by atoms with Crippen LogP contribution in [0.2, 0.25) is 5.02 Å². The van der Waals surface area contributed by atoms with Crippen molar-refractivity contribution in [2.75, 3.05) is 40.1 Å². The van der Waals surface area contributed by atoms with Crippen LogP contribution in [0.5, 0.6) is 17.2 Å². The summed E-state index contributed by atoms with van der Waals surface area (Å²) in [5, 5.41) is 4.09. The highest BCUT2D eigenvalue weighted by atomic mass is 35.5. The van der Waals surface area contributed by atoms with Gasteiger partial charge in [0.15, 0.2) is 19.2 Å². The molecule has 0 spiro atoms. The molecule has 0 saturated heterocycles. The summed E-state index contributed by atoms with van der Waals surface area (Å²) in [7, 11) is 1.49. The van der Waals surface area contributed by atoms with Crippen LogP contribution in [0.1, 0.15) is 55.2 Å². The van der Waals surface area contributed by atoms with E-state index in [1.165, 1.54) is 43.1 Å². The van der Waals surface area contributed by atoms with E-state index in [0.717, 1.165) is 35.0 Å². The third-order valence-electron chi connectivity index (χ3n) is 10.7. The van der Waals surface area contributed by atoms with Crippen molar-refractivity contribution in [2.45, 2.75) is 41.9 Å². The standard InChI is InChI=1S/C28H26F3NO7S.C27H25ClFNO6S/c1-32-26(34)25(40-17-33)14-19-10-12-22(13-11-19)36-16-24(21-8-5-9-23(15-21)39-28(29,30)31)37-18-38-27(35)20-6-3-2-4-7-20;1-37-25(26(32)30-16-31)13-18-9-11-21(12-10-18)34-15-24(22-7-2-3-8-23(22)29)35-17-36-27(33)19-5-4-6-20(28)14-19/h2-13,15,17,24-25H,14,16,18H2,1H3,(H,32,34);2-12,14,16,24-25H,13,15,17H2,1H3,(H,30,31,32). The predicted molar refractivity (Wildman–Crippen MR) is 281 cm³/mol.